The van der Waals surface area contributed by atoms with Gasteiger partial charge in [-0.05, 0) is 51.1 Å². The highest BCUT2D eigenvalue weighted by atomic mass is 16.2. The third-order valence-electron chi connectivity index (χ3n) is 5.43. The molecule has 1 aliphatic carbocycles. The van der Waals surface area contributed by atoms with E-state index >= 15 is 0 Å². The van der Waals surface area contributed by atoms with E-state index in [0.29, 0.717) is 29.8 Å². The Morgan fingerprint density at radius 3 is 2.54 bits per heavy atom. The van der Waals surface area contributed by atoms with Crippen molar-refractivity contribution in [1.82, 2.24) is 19.8 Å². The fourth-order valence-corrected chi connectivity index (χ4v) is 3.81. The molecule has 0 radical (unpaired) electrons. The molecule has 1 aromatic rings. The van der Waals surface area contributed by atoms with Crippen LogP contribution in [0.4, 0.5) is 0 Å². The Morgan fingerprint density at radius 1 is 1.17 bits per heavy atom. The molecule has 134 valence electrons. The van der Waals surface area contributed by atoms with Gasteiger partial charge in [0, 0.05) is 31.4 Å². The lowest BCUT2D eigenvalue weighted by molar-refractivity contribution is 0.131. The van der Waals surface area contributed by atoms with Crippen LogP contribution < -0.4 is 11.2 Å². The van der Waals surface area contributed by atoms with Crippen LogP contribution >= 0.6 is 0 Å². The molecule has 0 bridgehead atoms. The maximum Gasteiger partial charge on any atom is 0.325 e. The van der Waals surface area contributed by atoms with E-state index in [2.05, 4.69) is 33.6 Å². The quantitative estimate of drug-likeness (QED) is 0.852. The van der Waals surface area contributed by atoms with Crippen molar-refractivity contribution in [2.45, 2.75) is 52.6 Å². The van der Waals surface area contributed by atoms with Crippen molar-refractivity contribution < 1.29 is 0 Å². The molecular weight excluding hydrogens is 304 g/mol. The molecule has 0 spiro atoms. The molecule has 1 aromatic heterocycles. The van der Waals surface area contributed by atoms with Gasteiger partial charge in [0.15, 0.2) is 0 Å². The summed E-state index contributed by atoms with van der Waals surface area (Å²) in [6, 6.07) is 0.537. The molecule has 2 fully saturated rings. The monoisotopic (exact) mass is 334 g/mol. The second-order valence-corrected chi connectivity index (χ2v) is 7.85. The summed E-state index contributed by atoms with van der Waals surface area (Å²) in [6.45, 7) is 11.4. The van der Waals surface area contributed by atoms with Crippen molar-refractivity contribution in [3.05, 3.63) is 32.1 Å². The highest BCUT2D eigenvalue weighted by molar-refractivity contribution is 5.14. The van der Waals surface area contributed by atoms with Gasteiger partial charge in [0.1, 0.15) is 0 Å². The minimum atomic E-state index is -0.423. The summed E-state index contributed by atoms with van der Waals surface area (Å²) in [5.41, 5.74) is 0.695. The second-order valence-electron chi connectivity index (χ2n) is 7.85. The molecular formula is C18H30N4O2. The smallest absolute Gasteiger partial charge is 0.311 e. The van der Waals surface area contributed by atoms with Crippen LogP contribution in [0.3, 0.4) is 0 Å². The summed E-state index contributed by atoms with van der Waals surface area (Å²) in [5, 5.41) is 0. The maximum atomic E-state index is 12.1. The van der Waals surface area contributed by atoms with Crippen LogP contribution in [0.2, 0.25) is 0 Å². The number of hydrogen-bond donors (Lipinski definition) is 2. The van der Waals surface area contributed by atoms with Gasteiger partial charge in [0.2, 0.25) is 0 Å². The van der Waals surface area contributed by atoms with Gasteiger partial charge < -0.3 is 4.98 Å². The molecule has 2 heterocycles. The van der Waals surface area contributed by atoms with Crippen LogP contribution in [0, 0.1) is 18.8 Å². The Labute approximate surface area is 143 Å². The number of nitrogens with zero attached hydrogens (tertiary/aromatic N) is 2. The first-order valence-corrected chi connectivity index (χ1v) is 9.22. The predicted molar refractivity (Wildman–Crippen MR) is 95.2 cm³/mol. The van der Waals surface area contributed by atoms with Crippen molar-refractivity contribution in [1.29, 1.82) is 0 Å². The normalized spacial score (nSPS) is 23.6. The zero-order valence-electron chi connectivity index (χ0n) is 15.1. The summed E-state index contributed by atoms with van der Waals surface area (Å²) in [4.78, 5) is 33.6. The minimum Gasteiger partial charge on any atom is -0.311 e. The van der Waals surface area contributed by atoms with Crippen LogP contribution in [-0.4, -0.2) is 52.0 Å². The van der Waals surface area contributed by atoms with Crippen LogP contribution in [0.5, 0.6) is 0 Å². The number of nitrogens with one attached hydrogen (secondary N) is 2. The number of aryl methyl sites for hydroxylation is 1. The predicted octanol–water partition coefficient (Wildman–Crippen LogP) is 1.31. The van der Waals surface area contributed by atoms with Gasteiger partial charge in [-0.3, -0.25) is 19.6 Å². The first kappa shape index (κ1) is 17.4. The Hall–Kier alpha value is -1.40. The number of rotatable bonds is 5. The lowest BCUT2D eigenvalue weighted by Crippen LogP contribution is -2.45. The van der Waals surface area contributed by atoms with Crippen LogP contribution in [0.25, 0.3) is 0 Å². The summed E-state index contributed by atoms with van der Waals surface area (Å²) in [6.07, 6.45) is 3.91. The van der Waals surface area contributed by atoms with E-state index in [-0.39, 0.29) is 5.56 Å². The first-order chi connectivity index (χ1) is 11.4. The fourth-order valence-electron chi connectivity index (χ4n) is 3.81. The lowest BCUT2D eigenvalue weighted by Gasteiger charge is -2.34. The van der Waals surface area contributed by atoms with E-state index in [1.54, 1.807) is 0 Å². The largest absolute Gasteiger partial charge is 0.325 e. The van der Waals surface area contributed by atoms with Gasteiger partial charge in [0.25, 0.3) is 5.56 Å². The SMILES string of the molecule is Cc1[nH]c(=O)[nH]c(=O)c1CN1CCCN(CC2CC2)C(C(C)C)C1. The topological polar surface area (TPSA) is 72.2 Å². The molecule has 2 aliphatic rings. The third-order valence-corrected chi connectivity index (χ3v) is 5.43. The van der Waals surface area contributed by atoms with Crippen molar-refractivity contribution in [2.24, 2.45) is 11.8 Å². The fraction of sp³-hybridized carbons (Fsp3) is 0.778. The van der Waals surface area contributed by atoms with Gasteiger partial charge in [-0.1, -0.05) is 13.8 Å². The highest BCUT2D eigenvalue weighted by Crippen LogP contribution is 2.32. The molecule has 1 aliphatic heterocycles. The standard InChI is InChI=1S/C18H30N4O2/c1-12(2)16-11-21(7-4-8-22(16)9-14-5-6-14)10-15-13(3)19-18(24)20-17(15)23/h12,14,16H,4-11H2,1-3H3,(H2,19,20,23,24). The molecule has 1 saturated heterocycles. The van der Waals surface area contributed by atoms with Gasteiger partial charge in [-0.2, -0.15) is 0 Å². The zero-order valence-corrected chi connectivity index (χ0v) is 15.1. The molecule has 2 N–H and O–H groups in total. The minimum absolute atomic E-state index is 0.253. The second kappa shape index (κ2) is 7.23. The van der Waals surface area contributed by atoms with E-state index in [0.717, 1.165) is 32.0 Å². The summed E-state index contributed by atoms with van der Waals surface area (Å²) in [7, 11) is 0. The van der Waals surface area contributed by atoms with Gasteiger partial charge in [0.05, 0.1) is 5.56 Å². The van der Waals surface area contributed by atoms with Crippen LogP contribution in [0.1, 0.15) is 44.4 Å². The van der Waals surface area contributed by atoms with E-state index in [1.807, 2.05) is 6.92 Å². The molecule has 0 aromatic carbocycles. The van der Waals surface area contributed by atoms with E-state index in [9.17, 15) is 9.59 Å². The summed E-state index contributed by atoms with van der Waals surface area (Å²) < 4.78 is 0. The summed E-state index contributed by atoms with van der Waals surface area (Å²) in [5.74, 6) is 1.50. The Morgan fingerprint density at radius 2 is 1.92 bits per heavy atom. The zero-order chi connectivity index (χ0) is 17.3. The first-order valence-electron chi connectivity index (χ1n) is 9.22. The van der Waals surface area contributed by atoms with Gasteiger partial charge in [-0.15, -0.1) is 0 Å². The molecule has 1 saturated carbocycles. The van der Waals surface area contributed by atoms with Crippen molar-refractivity contribution in [3.63, 3.8) is 0 Å². The van der Waals surface area contributed by atoms with Gasteiger partial charge >= 0.3 is 5.69 Å². The van der Waals surface area contributed by atoms with E-state index in [4.69, 9.17) is 0 Å². The van der Waals surface area contributed by atoms with E-state index < -0.39 is 5.69 Å². The molecule has 6 heteroatoms. The van der Waals surface area contributed by atoms with Crippen LogP contribution in [0.15, 0.2) is 9.59 Å². The number of aromatic nitrogens is 2. The Bertz CT molecular complexity index is 674. The molecule has 1 atom stereocenters. The Kier molecular flexibility index (Phi) is 5.25. The van der Waals surface area contributed by atoms with Crippen molar-refractivity contribution >= 4 is 0 Å². The highest BCUT2D eigenvalue weighted by Gasteiger charge is 2.32. The number of hydrogen-bond acceptors (Lipinski definition) is 4. The summed E-state index contributed by atoms with van der Waals surface area (Å²) >= 11 is 0. The molecule has 24 heavy (non-hydrogen) atoms. The molecule has 1 unspecified atom stereocenters. The Balaban J connectivity index is 1.74. The molecule has 6 nitrogen and oxygen atoms in total. The third kappa shape index (κ3) is 4.16. The van der Waals surface area contributed by atoms with Crippen molar-refractivity contribution in [2.75, 3.05) is 26.2 Å². The average molecular weight is 334 g/mol. The average Bonchev–Trinajstić information content (AvgIpc) is 3.31. The van der Waals surface area contributed by atoms with Gasteiger partial charge in [-0.25, -0.2) is 4.79 Å². The molecule has 3 rings (SSSR count). The lowest BCUT2D eigenvalue weighted by atomic mass is 10.0. The van der Waals surface area contributed by atoms with Crippen molar-refractivity contribution in [3.8, 4) is 0 Å². The van der Waals surface area contributed by atoms with Crippen LogP contribution in [-0.2, 0) is 6.54 Å². The maximum absolute atomic E-state index is 12.1. The molecule has 0 amide bonds. The van der Waals surface area contributed by atoms with E-state index in [1.165, 1.54) is 19.4 Å². The number of H-pyrrole nitrogens is 2. The number of aromatic amines is 2.